The molecular formula is C22H17BrCl3NO2. The van der Waals surface area contributed by atoms with Crippen molar-refractivity contribution in [3.63, 3.8) is 0 Å². The molecule has 0 radical (unpaired) electrons. The molecule has 0 saturated carbocycles. The summed E-state index contributed by atoms with van der Waals surface area (Å²) in [5, 5.41) is 1.81. The van der Waals surface area contributed by atoms with Crippen molar-refractivity contribution in [3.8, 4) is 11.5 Å². The topological polar surface area (TPSA) is 30.8 Å². The summed E-state index contributed by atoms with van der Waals surface area (Å²) in [5.74, 6) is 1.16. The zero-order valence-corrected chi connectivity index (χ0v) is 19.5. The summed E-state index contributed by atoms with van der Waals surface area (Å²) >= 11 is 21.9. The Bertz CT molecular complexity index is 1070. The van der Waals surface area contributed by atoms with Gasteiger partial charge in [0.05, 0.1) is 17.3 Å². The van der Waals surface area contributed by atoms with Crippen molar-refractivity contribution in [2.45, 2.75) is 13.5 Å². The number of aliphatic imine (C=N–C) groups is 1. The van der Waals surface area contributed by atoms with E-state index in [1.54, 1.807) is 25.5 Å². The summed E-state index contributed by atoms with van der Waals surface area (Å²) in [6, 6.07) is 14.7. The minimum Gasteiger partial charge on any atom is -0.493 e. The Morgan fingerprint density at radius 1 is 1.03 bits per heavy atom. The van der Waals surface area contributed by atoms with Crippen LogP contribution in [-0.2, 0) is 6.61 Å². The standard InChI is InChI=1S/C22H17BrCl3NO2/c1-13-18(25)4-3-5-20(13)27-11-14-8-17(23)22(21(9-14)28-2)29-12-15-6-7-16(24)10-19(15)26/h3-11H,12H2,1-2H3. The van der Waals surface area contributed by atoms with E-state index in [4.69, 9.17) is 44.3 Å². The second-order valence-electron chi connectivity index (χ2n) is 6.20. The minimum absolute atomic E-state index is 0.278. The molecule has 3 rings (SSSR count). The molecule has 0 aromatic heterocycles. The van der Waals surface area contributed by atoms with Crippen molar-refractivity contribution >= 4 is 62.6 Å². The SMILES string of the molecule is COc1cc(C=Nc2cccc(Cl)c2C)cc(Br)c1OCc1ccc(Cl)cc1Cl. The summed E-state index contributed by atoms with van der Waals surface area (Å²) in [7, 11) is 1.59. The molecule has 0 atom stereocenters. The van der Waals surface area contributed by atoms with Crippen LogP contribution in [0.1, 0.15) is 16.7 Å². The van der Waals surface area contributed by atoms with Gasteiger partial charge in [0.25, 0.3) is 0 Å². The van der Waals surface area contributed by atoms with Crippen molar-refractivity contribution in [3.05, 3.63) is 84.8 Å². The molecule has 3 aromatic carbocycles. The van der Waals surface area contributed by atoms with E-state index >= 15 is 0 Å². The van der Waals surface area contributed by atoms with Crippen LogP contribution in [0.5, 0.6) is 11.5 Å². The molecule has 3 aromatic rings. The average Bonchev–Trinajstić information content (AvgIpc) is 2.69. The Hall–Kier alpha value is -1.72. The first-order valence-electron chi connectivity index (χ1n) is 8.62. The highest BCUT2D eigenvalue weighted by atomic mass is 79.9. The fourth-order valence-electron chi connectivity index (χ4n) is 2.62. The Morgan fingerprint density at radius 2 is 1.83 bits per heavy atom. The van der Waals surface area contributed by atoms with Crippen molar-refractivity contribution in [2.24, 2.45) is 4.99 Å². The molecule has 0 aliphatic carbocycles. The number of hydrogen-bond acceptors (Lipinski definition) is 3. The first kappa shape index (κ1) is 22.0. The van der Waals surface area contributed by atoms with E-state index in [-0.39, 0.29) is 6.61 Å². The summed E-state index contributed by atoms with van der Waals surface area (Å²) in [6.07, 6.45) is 1.76. The summed E-state index contributed by atoms with van der Waals surface area (Å²) in [5.41, 5.74) is 3.42. The van der Waals surface area contributed by atoms with Gasteiger partial charge >= 0.3 is 0 Å². The van der Waals surface area contributed by atoms with Crippen LogP contribution < -0.4 is 9.47 Å². The van der Waals surface area contributed by atoms with Gasteiger partial charge in [0.2, 0.25) is 0 Å². The van der Waals surface area contributed by atoms with Crippen LogP contribution in [0, 0.1) is 6.92 Å². The summed E-state index contributed by atoms with van der Waals surface area (Å²) in [6.45, 7) is 2.21. The minimum atomic E-state index is 0.278. The molecule has 0 spiro atoms. The lowest BCUT2D eigenvalue weighted by Gasteiger charge is -2.14. The van der Waals surface area contributed by atoms with Crippen LogP contribution in [-0.4, -0.2) is 13.3 Å². The monoisotopic (exact) mass is 511 g/mol. The third-order valence-corrected chi connectivity index (χ3v) is 5.82. The largest absolute Gasteiger partial charge is 0.493 e. The van der Waals surface area contributed by atoms with Gasteiger partial charge in [0, 0.05) is 26.8 Å². The van der Waals surface area contributed by atoms with E-state index in [0.29, 0.717) is 26.6 Å². The van der Waals surface area contributed by atoms with Crippen molar-refractivity contribution < 1.29 is 9.47 Å². The van der Waals surface area contributed by atoms with Crippen LogP contribution in [0.2, 0.25) is 15.1 Å². The zero-order chi connectivity index (χ0) is 21.0. The van der Waals surface area contributed by atoms with Crippen LogP contribution in [0.4, 0.5) is 5.69 Å². The van der Waals surface area contributed by atoms with Gasteiger partial charge < -0.3 is 9.47 Å². The van der Waals surface area contributed by atoms with Crippen molar-refractivity contribution in [1.29, 1.82) is 0 Å². The molecule has 0 aliphatic rings. The van der Waals surface area contributed by atoms with Gasteiger partial charge in [-0.1, -0.05) is 46.9 Å². The fraction of sp³-hybridized carbons (Fsp3) is 0.136. The van der Waals surface area contributed by atoms with Gasteiger partial charge in [-0.15, -0.1) is 0 Å². The molecule has 150 valence electrons. The van der Waals surface area contributed by atoms with E-state index in [2.05, 4.69) is 20.9 Å². The van der Waals surface area contributed by atoms with E-state index < -0.39 is 0 Å². The quantitative estimate of drug-likeness (QED) is 0.312. The maximum atomic E-state index is 6.22. The number of hydrogen-bond donors (Lipinski definition) is 0. The van der Waals surface area contributed by atoms with Crippen LogP contribution in [0.3, 0.4) is 0 Å². The molecule has 29 heavy (non-hydrogen) atoms. The molecule has 7 heteroatoms. The van der Waals surface area contributed by atoms with Gasteiger partial charge in [-0.3, -0.25) is 4.99 Å². The number of halogens is 4. The molecule has 0 fully saturated rings. The van der Waals surface area contributed by atoms with E-state index in [1.165, 1.54) is 0 Å². The molecule has 3 nitrogen and oxygen atoms in total. The van der Waals surface area contributed by atoms with Crippen molar-refractivity contribution in [1.82, 2.24) is 0 Å². The number of benzene rings is 3. The Labute approximate surface area is 193 Å². The Morgan fingerprint density at radius 3 is 2.55 bits per heavy atom. The van der Waals surface area contributed by atoms with E-state index in [9.17, 15) is 0 Å². The molecule has 0 aliphatic heterocycles. The van der Waals surface area contributed by atoms with Crippen LogP contribution >= 0.6 is 50.7 Å². The highest BCUT2D eigenvalue weighted by Gasteiger charge is 2.13. The maximum Gasteiger partial charge on any atom is 0.175 e. The summed E-state index contributed by atoms with van der Waals surface area (Å²) < 4.78 is 12.2. The number of methoxy groups -OCH3 is 1. The van der Waals surface area contributed by atoms with E-state index in [0.717, 1.165) is 26.9 Å². The molecular weight excluding hydrogens is 497 g/mol. The predicted molar refractivity (Wildman–Crippen MR) is 125 cm³/mol. The number of nitrogens with zero attached hydrogens (tertiary/aromatic N) is 1. The lowest BCUT2D eigenvalue weighted by Crippen LogP contribution is -2.00. The van der Waals surface area contributed by atoms with Gasteiger partial charge in [-0.2, -0.15) is 0 Å². The third kappa shape index (κ3) is 5.46. The first-order chi connectivity index (χ1) is 13.9. The van der Waals surface area contributed by atoms with E-state index in [1.807, 2.05) is 43.3 Å². The van der Waals surface area contributed by atoms with Gasteiger partial charge in [0.15, 0.2) is 11.5 Å². The smallest absolute Gasteiger partial charge is 0.175 e. The maximum absolute atomic E-state index is 6.22. The average molecular weight is 514 g/mol. The summed E-state index contributed by atoms with van der Waals surface area (Å²) in [4.78, 5) is 4.54. The molecule has 0 amide bonds. The third-order valence-electron chi connectivity index (χ3n) is 4.23. The second-order valence-corrected chi connectivity index (χ2v) is 8.31. The Balaban J connectivity index is 1.83. The normalized spacial score (nSPS) is 11.1. The van der Waals surface area contributed by atoms with Gasteiger partial charge in [-0.25, -0.2) is 0 Å². The van der Waals surface area contributed by atoms with Gasteiger partial charge in [0.1, 0.15) is 6.61 Å². The molecule has 0 bridgehead atoms. The Kier molecular flexibility index (Phi) is 7.47. The first-order valence-corrected chi connectivity index (χ1v) is 10.5. The lowest BCUT2D eigenvalue weighted by molar-refractivity contribution is 0.282. The molecule has 0 N–H and O–H groups in total. The zero-order valence-electron chi connectivity index (χ0n) is 15.7. The van der Waals surface area contributed by atoms with Crippen LogP contribution in [0.15, 0.2) is 58.0 Å². The highest BCUT2D eigenvalue weighted by molar-refractivity contribution is 9.10. The second kappa shape index (κ2) is 9.86. The lowest BCUT2D eigenvalue weighted by atomic mass is 10.2. The fourth-order valence-corrected chi connectivity index (χ4v) is 3.83. The predicted octanol–water partition coefficient (Wildman–Crippen LogP) is 8.06. The number of ether oxygens (including phenoxy) is 2. The number of rotatable bonds is 6. The highest BCUT2D eigenvalue weighted by Crippen LogP contribution is 2.37. The molecule has 0 saturated heterocycles. The van der Waals surface area contributed by atoms with Crippen LogP contribution in [0.25, 0.3) is 0 Å². The molecule has 0 unspecified atom stereocenters. The van der Waals surface area contributed by atoms with Gasteiger partial charge in [-0.05, 0) is 70.4 Å². The van der Waals surface area contributed by atoms with Crippen molar-refractivity contribution in [2.75, 3.05) is 7.11 Å². The molecule has 0 heterocycles.